The number of ketones is 1. The van der Waals surface area contributed by atoms with Crippen molar-refractivity contribution in [2.45, 2.75) is 26.3 Å². The van der Waals surface area contributed by atoms with Crippen LogP contribution in [0.3, 0.4) is 0 Å². The molecule has 0 saturated heterocycles. The van der Waals surface area contributed by atoms with Crippen molar-refractivity contribution in [3.63, 3.8) is 0 Å². The van der Waals surface area contributed by atoms with Crippen molar-refractivity contribution in [2.75, 3.05) is 0 Å². The van der Waals surface area contributed by atoms with Gasteiger partial charge in [0.15, 0.2) is 5.78 Å². The number of benzene rings is 1. The average Bonchev–Trinajstić information content (AvgIpc) is 3.02. The molecule has 1 heterocycles. The molecule has 0 aliphatic rings. The summed E-state index contributed by atoms with van der Waals surface area (Å²) in [6, 6.07) is 13.4. The molecule has 0 fully saturated rings. The van der Waals surface area contributed by atoms with Crippen LogP contribution in [0.25, 0.3) is 0 Å². The molecule has 0 bridgehead atoms. The second-order valence-electron chi connectivity index (χ2n) is 5.15. The standard InChI is InChI=1S/C17H19NO2S/c1-12(11-15(19)16-9-6-10-21-16)17(20)18-13(2)14-7-4-3-5-8-14/h3-10,12-13H,11H2,1-2H3,(H,18,20)/t12-,13-/m0/s1. The fraction of sp³-hybridized carbons (Fsp3) is 0.294. The molecule has 0 radical (unpaired) electrons. The summed E-state index contributed by atoms with van der Waals surface area (Å²) in [5.41, 5.74) is 1.06. The maximum atomic E-state index is 12.2. The molecule has 1 amide bonds. The normalized spacial score (nSPS) is 13.4. The van der Waals surface area contributed by atoms with Crippen molar-refractivity contribution in [2.24, 2.45) is 5.92 Å². The molecule has 0 unspecified atom stereocenters. The largest absolute Gasteiger partial charge is 0.349 e. The van der Waals surface area contributed by atoms with Gasteiger partial charge in [-0.15, -0.1) is 11.3 Å². The molecular formula is C17H19NO2S. The van der Waals surface area contributed by atoms with E-state index in [1.54, 1.807) is 13.0 Å². The van der Waals surface area contributed by atoms with Crippen molar-refractivity contribution < 1.29 is 9.59 Å². The monoisotopic (exact) mass is 301 g/mol. The van der Waals surface area contributed by atoms with E-state index in [9.17, 15) is 9.59 Å². The Balaban J connectivity index is 1.89. The minimum Gasteiger partial charge on any atom is -0.349 e. The Morgan fingerprint density at radius 3 is 2.43 bits per heavy atom. The van der Waals surface area contributed by atoms with Gasteiger partial charge >= 0.3 is 0 Å². The molecule has 2 aromatic rings. The Kier molecular flexibility index (Phi) is 5.28. The van der Waals surface area contributed by atoms with E-state index in [-0.39, 0.29) is 30.1 Å². The van der Waals surface area contributed by atoms with E-state index < -0.39 is 0 Å². The number of rotatable bonds is 6. The quantitative estimate of drug-likeness (QED) is 0.824. The van der Waals surface area contributed by atoms with Crippen LogP contribution in [-0.4, -0.2) is 11.7 Å². The van der Waals surface area contributed by atoms with Crippen LogP contribution >= 0.6 is 11.3 Å². The zero-order valence-electron chi connectivity index (χ0n) is 12.2. The van der Waals surface area contributed by atoms with Crippen LogP contribution in [0.5, 0.6) is 0 Å². The number of carbonyl (C=O) groups excluding carboxylic acids is 2. The molecule has 21 heavy (non-hydrogen) atoms. The number of hydrogen-bond acceptors (Lipinski definition) is 3. The fourth-order valence-corrected chi connectivity index (χ4v) is 2.76. The first-order valence-corrected chi connectivity index (χ1v) is 7.88. The van der Waals surface area contributed by atoms with E-state index in [4.69, 9.17) is 0 Å². The van der Waals surface area contributed by atoms with Crippen LogP contribution in [0, 0.1) is 5.92 Å². The Labute approximate surface area is 129 Å². The number of thiophene rings is 1. The SMILES string of the molecule is C[C@H](NC(=O)[C@@H](C)CC(=O)c1cccs1)c1ccccc1. The van der Waals surface area contributed by atoms with Gasteiger partial charge in [-0.1, -0.05) is 43.3 Å². The van der Waals surface area contributed by atoms with Gasteiger partial charge in [-0.3, -0.25) is 9.59 Å². The van der Waals surface area contributed by atoms with Crippen molar-refractivity contribution in [3.8, 4) is 0 Å². The van der Waals surface area contributed by atoms with E-state index in [0.717, 1.165) is 5.56 Å². The van der Waals surface area contributed by atoms with Crippen LogP contribution in [0.4, 0.5) is 0 Å². The van der Waals surface area contributed by atoms with E-state index >= 15 is 0 Å². The number of Topliss-reactive ketones (excluding diaryl/α,β-unsaturated/α-hetero) is 1. The third kappa shape index (κ3) is 4.26. The Morgan fingerprint density at radius 1 is 1.10 bits per heavy atom. The van der Waals surface area contributed by atoms with Gasteiger partial charge in [0.2, 0.25) is 5.91 Å². The molecule has 1 aromatic heterocycles. The highest BCUT2D eigenvalue weighted by molar-refractivity contribution is 7.12. The second kappa shape index (κ2) is 7.18. The van der Waals surface area contributed by atoms with E-state index in [1.807, 2.05) is 48.7 Å². The van der Waals surface area contributed by atoms with Gasteiger partial charge in [0.1, 0.15) is 0 Å². The number of carbonyl (C=O) groups is 2. The van der Waals surface area contributed by atoms with Crippen LogP contribution < -0.4 is 5.32 Å². The zero-order valence-corrected chi connectivity index (χ0v) is 13.0. The first-order valence-electron chi connectivity index (χ1n) is 7.00. The second-order valence-corrected chi connectivity index (χ2v) is 6.09. The van der Waals surface area contributed by atoms with Crippen LogP contribution in [0.1, 0.15) is 41.5 Å². The lowest BCUT2D eigenvalue weighted by Crippen LogP contribution is -2.32. The molecule has 0 spiro atoms. The minimum absolute atomic E-state index is 0.0278. The third-order valence-corrected chi connectivity index (χ3v) is 4.30. The van der Waals surface area contributed by atoms with E-state index in [0.29, 0.717) is 4.88 Å². The topological polar surface area (TPSA) is 46.2 Å². The van der Waals surface area contributed by atoms with Crippen LogP contribution in [0.15, 0.2) is 47.8 Å². The third-order valence-electron chi connectivity index (χ3n) is 3.39. The van der Waals surface area contributed by atoms with Gasteiger partial charge in [0, 0.05) is 12.3 Å². The molecule has 110 valence electrons. The number of amides is 1. The van der Waals surface area contributed by atoms with Gasteiger partial charge in [-0.05, 0) is 23.9 Å². The molecular weight excluding hydrogens is 282 g/mol. The molecule has 0 saturated carbocycles. The van der Waals surface area contributed by atoms with Crippen molar-refractivity contribution in [1.29, 1.82) is 0 Å². The van der Waals surface area contributed by atoms with E-state index in [1.165, 1.54) is 11.3 Å². The molecule has 3 nitrogen and oxygen atoms in total. The highest BCUT2D eigenvalue weighted by Gasteiger charge is 2.20. The van der Waals surface area contributed by atoms with Gasteiger partial charge in [0.25, 0.3) is 0 Å². The molecule has 0 aliphatic heterocycles. The predicted molar refractivity (Wildman–Crippen MR) is 85.4 cm³/mol. The summed E-state index contributed by atoms with van der Waals surface area (Å²) in [6.45, 7) is 3.74. The summed E-state index contributed by atoms with van der Waals surface area (Å²) in [6.07, 6.45) is 0.244. The summed E-state index contributed by atoms with van der Waals surface area (Å²) in [5, 5.41) is 4.83. The summed E-state index contributed by atoms with van der Waals surface area (Å²) < 4.78 is 0. The summed E-state index contributed by atoms with van der Waals surface area (Å²) in [7, 11) is 0. The Bertz CT molecular complexity index is 593. The van der Waals surface area contributed by atoms with Crippen LogP contribution in [-0.2, 0) is 4.79 Å². The first kappa shape index (κ1) is 15.4. The Morgan fingerprint density at radius 2 is 1.81 bits per heavy atom. The van der Waals surface area contributed by atoms with Crippen LogP contribution in [0.2, 0.25) is 0 Å². The van der Waals surface area contributed by atoms with E-state index in [2.05, 4.69) is 5.32 Å². The average molecular weight is 301 g/mol. The Hall–Kier alpha value is -1.94. The molecule has 4 heteroatoms. The molecule has 1 N–H and O–H groups in total. The van der Waals surface area contributed by atoms with Crippen molar-refractivity contribution in [3.05, 3.63) is 58.3 Å². The highest BCUT2D eigenvalue weighted by atomic mass is 32.1. The first-order chi connectivity index (χ1) is 10.1. The number of nitrogens with one attached hydrogen (secondary N) is 1. The van der Waals surface area contributed by atoms with Gasteiger partial charge in [-0.2, -0.15) is 0 Å². The molecule has 0 aliphatic carbocycles. The lowest BCUT2D eigenvalue weighted by molar-refractivity contribution is -0.125. The van der Waals surface area contributed by atoms with Crippen molar-refractivity contribution in [1.82, 2.24) is 5.32 Å². The maximum absolute atomic E-state index is 12.2. The van der Waals surface area contributed by atoms with Gasteiger partial charge < -0.3 is 5.32 Å². The van der Waals surface area contributed by atoms with Gasteiger partial charge in [0.05, 0.1) is 10.9 Å². The lowest BCUT2D eigenvalue weighted by atomic mass is 10.0. The molecule has 1 aromatic carbocycles. The zero-order chi connectivity index (χ0) is 15.2. The summed E-state index contributed by atoms with van der Waals surface area (Å²) >= 11 is 1.41. The molecule has 2 rings (SSSR count). The predicted octanol–water partition coefficient (Wildman–Crippen LogP) is 3.83. The fourth-order valence-electron chi connectivity index (χ4n) is 2.09. The highest BCUT2D eigenvalue weighted by Crippen LogP contribution is 2.17. The smallest absolute Gasteiger partial charge is 0.223 e. The summed E-state index contributed by atoms with van der Waals surface area (Å²) in [5.74, 6) is -0.387. The van der Waals surface area contributed by atoms with Gasteiger partial charge in [-0.25, -0.2) is 0 Å². The molecule has 2 atom stereocenters. The summed E-state index contributed by atoms with van der Waals surface area (Å²) in [4.78, 5) is 24.9. The lowest BCUT2D eigenvalue weighted by Gasteiger charge is -2.17. The number of hydrogen-bond donors (Lipinski definition) is 1. The maximum Gasteiger partial charge on any atom is 0.223 e. The van der Waals surface area contributed by atoms with Crippen molar-refractivity contribution >= 4 is 23.0 Å². The minimum atomic E-state index is -0.328.